The van der Waals surface area contributed by atoms with Gasteiger partial charge in [-0.1, -0.05) is 23.7 Å². The monoisotopic (exact) mass is 280 g/mol. The van der Waals surface area contributed by atoms with Gasteiger partial charge in [0.1, 0.15) is 11.5 Å². The Labute approximate surface area is 114 Å². The Morgan fingerprint density at radius 1 is 1.32 bits per heavy atom. The van der Waals surface area contributed by atoms with E-state index in [-0.39, 0.29) is 10.7 Å². The highest BCUT2D eigenvalue weighted by atomic mass is 35.5. The van der Waals surface area contributed by atoms with E-state index in [4.69, 9.17) is 11.6 Å². The first-order valence-corrected chi connectivity index (χ1v) is 5.83. The van der Waals surface area contributed by atoms with Crippen molar-refractivity contribution in [1.29, 1.82) is 0 Å². The van der Waals surface area contributed by atoms with Crippen molar-refractivity contribution in [2.75, 3.05) is 5.32 Å². The van der Waals surface area contributed by atoms with Gasteiger partial charge >= 0.3 is 0 Å². The minimum Gasteiger partial charge on any atom is -0.350 e. The van der Waals surface area contributed by atoms with Crippen LogP contribution in [0.4, 0.5) is 21.5 Å². The van der Waals surface area contributed by atoms with Gasteiger partial charge < -0.3 is 5.32 Å². The van der Waals surface area contributed by atoms with Crippen molar-refractivity contribution >= 4 is 28.7 Å². The second-order valence-electron chi connectivity index (χ2n) is 3.98. The number of aryl methyl sites for hydroxylation is 1. The first kappa shape index (κ1) is 13.3. The molecule has 0 aliphatic rings. The molecule has 2 rings (SSSR count). The molecule has 0 atom stereocenters. The molecule has 19 heavy (non-hydrogen) atoms. The average Bonchev–Trinajstić information content (AvgIpc) is 2.36. The van der Waals surface area contributed by atoms with Gasteiger partial charge in [-0.05, 0) is 30.7 Å². The number of hydrogen-bond acceptors (Lipinski definition) is 3. The molecule has 0 aliphatic heterocycles. The van der Waals surface area contributed by atoms with Crippen molar-refractivity contribution in [2.24, 2.45) is 0 Å². The van der Waals surface area contributed by atoms with Crippen LogP contribution >= 0.6 is 11.6 Å². The molecular formula is C13H10ClFN2O2. The summed E-state index contributed by atoms with van der Waals surface area (Å²) < 4.78 is 13.1. The summed E-state index contributed by atoms with van der Waals surface area (Å²) in [4.78, 5) is 10.5. The van der Waals surface area contributed by atoms with Gasteiger partial charge in [0.25, 0.3) is 5.69 Å². The number of nitro benzene ring substituents is 1. The second-order valence-corrected chi connectivity index (χ2v) is 4.39. The summed E-state index contributed by atoms with van der Waals surface area (Å²) in [7, 11) is 0. The van der Waals surface area contributed by atoms with E-state index < -0.39 is 10.7 Å². The molecule has 98 valence electrons. The van der Waals surface area contributed by atoms with Crippen LogP contribution in [-0.4, -0.2) is 4.92 Å². The number of anilines is 2. The second kappa shape index (κ2) is 5.24. The van der Waals surface area contributed by atoms with E-state index in [9.17, 15) is 14.5 Å². The van der Waals surface area contributed by atoms with Gasteiger partial charge in [-0.3, -0.25) is 10.1 Å². The maximum atomic E-state index is 13.1. The van der Waals surface area contributed by atoms with Gasteiger partial charge in [0, 0.05) is 11.8 Å². The molecule has 0 saturated carbocycles. The molecule has 0 aromatic heterocycles. The number of nitrogens with zero attached hydrogens (tertiary/aromatic N) is 1. The fraction of sp³-hybridized carbons (Fsp3) is 0.0769. The van der Waals surface area contributed by atoms with E-state index in [0.717, 1.165) is 5.56 Å². The molecule has 2 aromatic rings. The number of para-hydroxylation sites is 1. The molecule has 0 heterocycles. The van der Waals surface area contributed by atoms with Gasteiger partial charge in [-0.2, -0.15) is 0 Å². The third-order valence-electron chi connectivity index (χ3n) is 2.64. The fourth-order valence-electron chi connectivity index (χ4n) is 1.69. The first-order valence-electron chi connectivity index (χ1n) is 5.45. The lowest BCUT2D eigenvalue weighted by Crippen LogP contribution is -1.99. The van der Waals surface area contributed by atoms with E-state index in [2.05, 4.69) is 5.32 Å². The molecule has 0 saturated heterocycles. The Morgan fingerprint density at radius 2 is 2.05 bits per heavy atom. The molecule has 0 radical (unpaired) electrons. The summed E-state index contributed by atoms with van der Waals surface area (Å²) in [5, 5.41) is 13.8. The normalized spacial score (nSPS) is 10.3. The van der Waals surface area contributed by atoms with Gasteiger partial charge in [-0.25, -0.2) is 4.39 Å². The minimum absolute atomic E-state index is 0.0405. The highest BCUT2D eigenvalue weighted by molar-refractivity contribution is 6.31. The molecule has 6 heteroatoms. The lowest BCUT2D eigenvalue weighted by Gasteiger charge is -2.10. The van der Waals surface area contributed by atoms with Crippen LogP contribution in [0.25, 0.3) is 0 Å². The lowest BCUT2D eigenvalue weighted by molar-refractivity contribution is -0.383. The number of halogens is 2. The van der Waals surface area contributed by atoms with Gasteiger partial charge in [0.05, 0.1) is 9.95 Å². The van der Waals surface area contributed by atoms with Crippen molar-refractivity contribution in [1.82, 2.24) is 0 Å². The number of nitrogens with one attached hydrogen (secondary N) is 1. The standard InChI is InChI=1S/C13H10ClFN2O2/c1-8-3-2-4-12(17(18)19)13(8)16-9-5-6-11(15)10(14)7-9/h2-7,16H,1H3. The maximum absolute atomic E-state index is 13.1. The highest BCUT2D eigenvalue weighted by Crippen LogP contribution is 2.31. The Balaban J connectivity index is 2.42. The molecule has 0 unspecified atom stereocenters. The molecule has 4 nitrogen and oxygen atoms in total. The van der Waals surface area contributed by atoms with Crippen LogP contribution in [0.5, 0.6) is 0 Å². The maximum Gasteiger partial charge on any atom is 0.292 e. The molecule has 2 aromatic carbocycles. The molecular weight excluding hydrogens is 271 g/mol. The zero-order chi connectivity index (χ0) is 14.0. The smallest absolute Gasteiger partial charge is 0.292 e. The van der Waals surface area contributed by atoms with Crippen LogP contribution in [0, 0.1) is 22.9 Å². The van der Waals surface area contributed by atoms with Crippen LogP contribution in [0.3, 0.4) is 0 Å². The van der Waals surface area contributed by atoms with Gasteiger partial charge in [0.15, 0.2) is 0 Å². The Kier molecular flexibility index (Phi) is 3.66. The predicted octanol–water partition coefficient (Wildman–Crippen LogP) is 4.44. The Hall–Kier alpha value is -2.14. The summed E-state index contributed by atoms with van der Waals surface area (Å²) in [6.45, 7) is 1.75. The van der Waals surface area contributed by atoms with E-state index in [1.165, 1.54) is 24.3 Å². The van der Waals surface area contributed by atoms with Crippen molar-refractivity contribution in [3.05, 3.63) is 62.9 Å². The molecule has 0 fully saturated rings. The third kappa shape index (κ3) is 2.82. The highest BCUT2D eigenvalue weighted by Gasteiger charge is 2.15. The van der Waals surface area contributed by atoms with Gasteiger partial charge in [-0.15, -0.1) is 0 Å². The minimum atomic E-state index is -0.536. The quantitative estimate of drug-likeness (QED) is 0.668. The van der Waals surface area contributed by atoms with E-state index in [1.54, 1.807) is 19.1 Å². The summed E-state index contributed by atoms with van der Waals surface area (Å²) in [6, 6.07) is 8.82. The van der Waals surface area contributed by atoms with E-state index in [1.807, 2.05) is 0 Å². The SMILES string of the molecule is Cc1cccc([N+](=O)[O-])c1Nc1ccc(F)c(Cl)c1. The molecule has 0 amide bonds. The van der Waals surface area contributed by atoms with E-state index in [0.29, 0.717) is 11.4 Å². The third-order valence-corrected chi connectivity index (χ3v) is 2.93. The van der Waals surface area contributed by atoms with Crippen LogP contribution in [0.2, 0.25) is 5.02 Å². The largest absolute Gasteiger partial charge is 0.350 e. The van der Waals surface area contributed by atoms with Crippen molar-refractivity contribution in [3.8, 4) is 0 Å². The molecule has 1 N–H and O–H groups in total. The zero-order valence-electron chi connectivity index (χ0n) is 9.98. The van der Waals surface area contributed by atoms with Crippen LogP contribution < -0.4 is 5.32 Å². The first-order chi connectivity index (χ1) is 8.99. The summed E-state index contributed by atoms with van der Waals surface area (Å²) >= 11 is 5.67. The number of rotatable bonds is 3. The summed E-state index contributed by atoms with van der Waals surface area (Å²) in [5.41, 5.74) is 1.54. The Bertz CT molecular complexity index is 647. The van der Waals surface area contributed by atoms with Crippen LogP contribution in [0.15, 0.2) is 36.4 Å². The van der Waals surface area contributed by atoms with Crippen molar-refractivity contribution in [2.45, 2.75) is 6.92 Å². The molecule has 0 aliphatic carbocycles. The Morgan fingerprint density at radius 3 is 2.68 bits per heavy atom. The van der Waals surface area contributed by atoms with Crippen molar-refractivity contribution < 1.29 is 9.31 Å². The number of hydrogen-bond donors (Lipinski definition) is 1. The molecule has 0 bridgehead atoms. The number of benzene rings is 2. The van der Waals surface area contributed by atoms with E-state index >= 15 is 0 Å². The average molecular weight is 281 g/mol. The van der Waals surface area contributed by atoms with Crippen molar-refractivity contribution in [3.63, 3.8) is 0 Å². The molecule has 0 spiro atoms. The van der Waals surface area contributed by atoms with Crippen LogP contribution in [-0.2, 0) is 0 Å². The predicted molar refractivity (Wildman–Crippen MR) is 72.5 cm³/mol. The number of nitro groups is 1. The summed E-state index contributed by atoms with van der Waals surface area (Å²) in [5.74, 6) is -0.536. The summed E-state index contributed by atoms with van der Waals surface area (Å²) in [6.07, 6.45) is 0. The fourth-order valence-corrected chi connectivity index (χ4v) is 1.87. The van der Waals surface area contributed by atoms with Gasteiger partial charge in [0.2, 0.25) is 0 Å². The lowest BCUT2D eigenvalue weighted by atomic mass is 10.1. The van der Waals surface area contributed by atoms with Crippen LogP contribution in [0.1, 0.15) is 5.56 Å². The zero-order valence-corrected chi connectivity index (χ0v) is 10.7. The topological polar surface area (TPSA) is 55.2 Å².